The molecule has 0 aromatic carbocycles. The molecule has 3 fully saturated rings. The van der Waals surface area contributed by atoms with Crippen molar-refractivity contribution in [2.75, 3.05) is 19.8 Å². The molecule has 1 spiro atoms. The van der Waals surface area contributed by atoms with E-state index in [1.165, 1.54) is 0 Å². The summed E-state index contributed by atoms with van der Waals surface area (Å²) < 4.78 is 4.29. The molecule has 0 aromatic rings. The lowest BCUT2D eigenvalue weighted by Crippen LogP contribution is -2.62. The smallest absolute Gasteiger partial charge is 0.311 e. The molecule has 2 unspecified atom stereocenters. The van der Waals surface area contributed by atoms with Crippen molar-refractivity contribution in [1.82, 2.24) is 9.80 Å². The van der Waals surface area contributed by atoms with Gasteiger partial charge in [0.1, 0.15) is 6.04 Å². The molecular formula is C30H50N2O5S. The van der Waals surface area contributed by atoms with Crippen LogP contribution in [0.5, 0.6) is 0 Å². The highest BCUT2D eigenvalue weighted by molar-refractivity contribution is 8.02. The molecule has 7 nitrogen and oxygen atoms in total. The molecular weight excluding hydrogens is 500 g/mol. The van der Waals surface area contributed by atoms with E-state index in [9.17, 15) is 19.5 Å². The molecule has 216 valence electrons. The molecule has 3 rings (SSSR count). The van der Waals surface area contributed by atoms with Crippen LogP contribution >= 0.6 is 11.8 Å². The number of ether oxygens (including phenoxy) is 1. The fraction of sp³-hybridized carbons (Fsp3) is 0.833. The topological polar surface area (TPSA) is 87.2 Å². The number of carbonyl (C=O) groups is 3. The molecule has 8 heteroatoms. The van der Waals surface area contributed by atoms with Crippen LogP contribution < -0.4 is 0 Å². The van der Waals surface area contributed by atoms with Gasteiger partial charge in [-0.15, -0.1) is 18.3 Å². The van der Waals surface area contributed by atoms with Gasteiger partial charge in [0.05, 0.1) is 35.8 Å². The van der Waals surface area contributed by atoms with Crippen molar-refractivity contribution in [3.05, 3.63) is 12.7 Å². The fourth-order valence-electron chi connectivity index (χ4n) is 7.71. The van der Waals surface area contributed by atoms with Gasteiger partial charge in [-0.1, -0.05) is 47.1 Å². The summed E-state index contributed by atoms with van der Waals surface area (Å²) in [5, 5.41) is 10.6. The number of aliphatic hydroxyl groups is 1. The van der Waals surface area contributed by atoms with Gasteiger partial charge in [0.15, 0.2) is 0 Å². The van der Waals surface area contributed by atoms with Gasteiger partial charge in [-0.05, 0) is 58.3 Å². The second kappa shape index (κ2) is 10.8. The zero-order chi connectivity index (χ0) is 28.8. The summed E-state index contributed by atoms with van der Waals surface area (Å²) in [7, 11) is 0. The maximum Gasteiger partial charge on any atom is 0.311 e. The minimum Gasteiger partial charge on any atom is -0.466 e. The van der Waals surface area contributed by atoms with Gasteiger partial charge in [-0.25, -0.2) is 0 Å². The van der Waals surface area contributed by atoms with Crippen molar-refractivity contribution in [2.24, 2.45) is 23.2 Å². The number of nitrogens with zero attached hydrogens (tertiary/aromatic N) is 2. The first-order chi connectivity index (χ1) is 17.5. The summed E-state index contributed by atoms with van der Waals surface area (Å²) in [6, 6.07) is -1.27. The molecule has 1 N–H and O–H groups in total. The summed E-state index contributed by atoms with van der Waals surface area (Å²) in [6.45, 7) is 22.8. The van der Waals surface area contributed by atoms with E-state index >= 15 is 0 Å². The third-order valence-corrected chi connectivity index (χ3v) is 11.1. The number of esters is 1. The third kappa shape index (κ3) is 5.04. The molecule has 3 aliphatic heterocycles. The molecule has 0 radical (unpaired) electrons. The van der Waals surface area contributed by atoms with E-state index < -0.39 is 39.0 Å². The van der Waals surface area contributed by atoms with Crippen LogP contribution in [0.15, 0.2) is 12.7 Å². The quantitative estimate of drug-likeness (QED) is 0.297. The normalized spacial score (nSPS) is 32.2. The fourth-order valence-corrected chi connectivity index (χ4v) is 10.0. The summed E-state index contributed by atoms with van der Waals surface area (Å²) in [5.74, 6) is -1.92. The van der Waals surface area contributed by atoms with Crippen molar-refractivity contribution < 1.29 is 24.2 Å². The largest absolute Gasteiger partial charge is 0.466 e. The van der Waals surface area contributed by atoms with Crippen LogP contribution in [-0.2, 0) is 19.1 Å². The first kappa shape index (κ1) is 31.0. The summed E-state index contributed by atoms with van der Waals surface area (Å²) in [4.78, 5) is 46.2. The van der Waals surface area contributed by atoms with E-state index in [0.717, 1.165) is 19.3 Å². The predicted octanol–water partition coefficient (Wildman–Crippen LogP) is 4.67. The number of fused-ring (bicyclic) bond motifs is 1. The van der Waals surface area contributed by atoms with Crippen molar-refractivity contribution in [2.45, 2.75) is 115 Å². The van der Waals surface area contributed by atoms with E-state index in [1.54, 1.807) is 29.7 Å². The second-order valence-corrected chi connectivity index (χ2v) is 15.5. The number of hydrogen-bond acceptors (Lipinski definition) is 6. The van der Waals surface area contributed by atoms with Gasteiger partial charge in [0, 0.05) is 16.8 Å². The molecule has 2 amide bonds. The first-order valence-electron chi connectivity index (χ1n) is 14.3. The molecule has 3 heterocycles. The zero-order valence-electron chi connectivity index (χ0n) is 25.0. The Kier molecular flexibility index (Phi) is 8.80. The number of amides is 2. The van der Waals surface area contributed by atoms with E-state index in [0.29, 0.717) is 13.0 Å². The Bertz CT molecular complexity index is 945. The lowest BCUT2D eigenvalue weighted by Gasteiger charge is -2.47. The van der Waals surface area contributed by atoms with Crippen LogP contribution in [0.3, 0.4) is 0 Å². The van der Waals surface area contributed by atoms with Gasteiger partial charge < -0.3 is 19.6 Å². The number of likely N-dealkylation sites (tertiary alicyclic amines) is 1. The number of aliphatic hydroxyl groups excluding tert-OH is 1. The summed E-state index contributed by atoms with van der Waals surface area (Å²) in [6.07, 6.45) is 4.68. The zero-order valence-corrected chi connectivity index (χ0v) is 25.8. The van der Waals surface area contributed by atoms with Gasteiger partial charge in [0.2, 0.25) is 11.8 Å². The summed E-state index contributed by atoms with van der Waals surface area (Å²) in [5.41, 5.74) is -0.521. The molecule has 7 atom stereocenters. The number of carbonyl (C=O) groups excluding carboxylic acids is 3. The molecule has 0 saturated carbocycles. The van der Waals surface area contributed by atoms with Crippen molar-refractivity contribution in [1.29, 1.82) is 0 Å². The van der Waals surface area contributed by atoms with E-state index in [1.807, 2.05) is 18.7 Å². The molecule has 0 aromatic heterocycles. The van der Waals surface area contributed by atoms with Gasteiger partial charge in [-0.3, -0.25) is 14.4 Å². The minimum absolute atomic E-state index is 0.0104. The van der Waals surface area contributed by atoms with Crippen LogP contribution in [0.1, 0.15) is 88.0 Å². The molecule has 2 bridgehead atoms. The second-order valence-electron chi connectivity index (χ2n) is 13.6. The number of thioether (sulfide) groups is 1. The molecule has 38 heavy (non-hydrogen) atoms. The van der Waals surface area contributed by atoms with E-state index in [2.05, 4.69) is 48.1 Å². The van der Waals surface area contributed by atoms with E-state index in [-0.39, 0.29) is 42.3 Å². The maximum atomic E-state index is 14.9. The Morgan fingerprint density at radius 2 is 1.89 bits per heavy atom. The van der Waals surface area contributed by atoms with Crippen molar-refractivity contribution in [3.8, 4) is 0 Å². The van der Waals surface area contributed by atoms with E-state index in [4.69, 9.17) is 4.74 Å². The minimum atomic E-state index is -0.767. The number of rotatable bonds is 11. The Hall–Kier alpha value is -1.54. The Balaban J connectivity index is 2.20. The first-order valence-corrected chi connectivity index (χ1v) is 15.1. The van der Waals surface area contributed by atoms with Crippen molar-refractivity contribution in [3.63, 3.8) is 0 Å². The average molecular weight is 551 g/mol. The molecule has 0 aliphatic carbocycles. The Morgan fingerprint density at radius 1 is 1.26 bits per heavy atom. The van der Waals surface area contributed by atoms with Crippen LogP contribution in [0, 0.1) is 23.2 Å². The Morgan fingerprint density at radius 3 is 2.39 bits per heavy atom. The van der Waals surface area contributed by atoms with Gasteiger partial charge >= 0.3 is 5.97 Å². The number of hydrogen-bond donors (Lipinski definition) is 1. The van der Waals surface area contributed by atoms with Gasteiger partial charge in [0.25, 0.3) is 0 Å². The maximum absolute atomic E-state index is 14.9. The van der Waals surface area contributed by atoms with Crippen LogP contribution in [0.2, 0.25) is 0 Å². The Labute approximate surface area is 234 Å². The highest BCUT2D eigenvalue weighted by Gasteiger charge is 2.78. The monoisotopic (exact) mass is 550 g/mol. The lowest BCUT2D eigenvalue weighted by atomic mass is 9.66. The van der Waals surface area contributed by atoms with Crippen LogP contribution in [0.4, 0.5) is 0 Å². The predicted molar refractivity (Wildman–Crippen MR) is 153 cm³/mol. The van der Waals surface area contributed by atoms with Crippen molar-refractivity contribution >= 4 is 29.5 Å². The lowest BCUT2D eigenvalue weighted by molar-refractivity contribution is -0.156. The molecule has 3 saturated heterocycles. The van der Waals surface area contributed by atoms with Crippen LogP contribution in [0.25, 0.3) is 0 Å². The molecule has 3 aliphatic rings. The summed E-state index contributed by atoms with van der Waals surface area (Å²) >= 11 is 1.65. The highest BCUT2D eigenvalue weighted by Crippen LogP contribution is 2.72. The SMILES string of the molecule is C=CCN(C(=O)C1N([C@@H](CO)[C@@H](C)CC)C(=O)[C@@H]2[C@H](C(=O)OCC)[C@]3(C)CCC12S3)C(C)(C)CC(C)(C)C. The highest BCUT2D eigenvalue weighted by atomic mass is 32.2. The van der Waals surface area contributed by atoms with Crippen LogP contribution in [-0.4, -0.2) is 79.6 Å². The average Bonchev–Trinajstić information content (AvgIpc) is 3.37. The van der Waals surface area contributed by atoms with Gasteiger partial charge in [-0.2, -0.15) is 0 Å². The third-order valence-electron chi connectivity index (χ3n) is 9.11. The standard InChI is InChI=1S/C30H50N2O5S/c1-11-16-31(28(8,9)18-27(5,6)7)25(35)23-30-15-14-29(10,38-30)22(26(36)37-13-3)21(30)24(34)32(23)20(17-33)19(4)12-2/h11,19-23,33H,1,12-18H2,2-10H3/t19-,20-,21-,22+,23?,29-,30?/m0/s1.